The van der Waals surface area contributed by atoms with Gasteiger partial charge in [0.15, 0.2) is 5.78 Å². The zero-order valence-electron chi connectivity index (χ0n) is 8.95. The van der Waals surface area contributed by atoms with Crippen LogP contribution in [-0.2, 0) is 5.75 Å². The Hall–Kier alpha value is -0.960. The summed E-state index contributed by atoms with van der Waals surface area (Å²) in [7, 11) is 1.65. The Labute approximate surface area is 94.0 Å². The van der Waals surface area contributed by atoms with Gasteiger partial charge < -0.3 is 4.74 Å². The highest BCUT2D eigenvalue weighted by Crippen LogP contribution is 2.32. The largest absolute Gasteiger partial charge is 0.496 e. The Morgan fingerprint density at radius 3 is 3.00 bits per heavy atom. The third kappa shape index (κ3) is 1.88. The summed E-state index contributed by atoms with van der Waals surface area (Å²) < 4.78 is 5.29. The smallest absolute Gasteiger partial charge is 0.166 e. The SMILES string of the molecule is COc1cccc2c1CSCC(C)C2=O. The number of thioether (sulfide) groups is 1. The first-order chi connectivity index (χ1) is 7.24. The molecule has 0 saturated carbocycles. The Morgan fingerprint density at radius 2 is 2.27 bits per heavy atom. The third-order valence-electron chi connectivity index (χ3n) is 2.68. The number of rotatable bonds is 1. The molecule has 0 radical (unpaired) electrons. The van der Waals surface area contributed by atoms with Crippen LogP contribution in [0.1, 0.15) is 22.8 Å². The van der Waals surface area contributed by atoms with E-state index in [1.807, 2.05) is 25.1 Å². The van der Waals surface area contributed by atoms with Gasteiger partial charge in [-0.2, -0.15) is 11.8 Å². The maximum atomic E-state index is 12.0. The number of ketones is 1. The van der Waals surface area contributed by atoms with E-state index in [9.17, 15) is 4.79 Å². The van der Waals surface area contributed by atoms with Crippen LogP contribution in [0.2, 0.25) is 0 Å². The quantitative estimate of drug-likeness (QED) is 0.731. The Balaban J connectivity index is 2.52. The molecular formula is C12H14O2S. The van der Waals surface area contributed by atoms with Gasteiger partial charge in [0.05, 0.1) is 7.11 Å². The number of ether oxygens (including phenoxy) is 1. The molecule has 0 N–H and O–H groups in total. The molecule has 1 aromatic rings. The second-order valence-corrected chi connectivity index (χ2v) is 4.80. The summed E-state index contributed by atoms with van der Waals surface area (Å²) in [5, 5.41) is 0. The van der Waals surface area contributed by atoms with Crippen LogP contribution in [0.3, 0.4) is 0 Å². The topological polar surface area (TPSA) is 26.3 Å². The second kappa shape index (κ2) is 4.27. The lowest BCUT2D eigenvalue weighted by Crippen LogP contribution is -2.12. The van der Waals surface area contributed by atoms with Crippen molar-refractivity contribution in [3.05, 3.63) is 29.3 Å². The normalized spacial score (nSPS) is 20.7. The van der Waals surface area contributed by atoms with Crippen molar-refractivity contribution in [1.82, 2.24) is 0 Å². The predicted octanol–water partition coefficient (Wildman–Crippen LogP) is 2.76. The van der Waals surface area contributed by atoms with Gasteiger partial charge in [-0.25, -0.2) is 0 Å². The Bertz CT molecular complexity index is 387. The van der Waals surface area contributed by atoms with Crippen molar-refractivity contribution in [2.75, 3.05) is 12.9 Å². The minimum absolute atomic E-state index is 0.114. The first-order valence-corrected chi connectivity index (χ1v) is 6.17. The number of benzene rings is 1. The van der Waals surface area contributed by atoms with Crippen molar-refractivity contribution in [3.8, 4) is 5.75 Å². The molecule has 2 rings (SSSR count). The first kappa shape index (κ1) is 10.6. The first-order valence-electron chi connectivity index (χ1n) is 5.02. The molecule has 0 saturated heterocycles. The molecule has 1 aromatic carbocycles. The van der Waals surface area contributed by atoms with Crippen LogP contribution in [0.4, 0.5) is 0 Å². The minimum atomic E-state index is 0.114. The monoisotopic (exact) mass is 222 g/mol. The van der Waals surface area contributed by atoms with E-state index in [0.29, 0.717) is 0 Å². The molecule has 1 atom stereocenters. The van der Waals surface area contributed by atoms with Crippen LogP contribution >= 0.6 is 11.8 Å². The number of carbonyl (C=O) groups excluding carboxylic acids is 1. The summed E-state index contributed by atoms with van der Waals surface area (Å²) in [6.07, 6.45) is 0. The highest BCUT2D eigenvalue weighted by Gasteiger charge is 2.23. The molecule has 0 fully saturated rings. The molecule has 0 aliphatic carbocycles. The number of hydrogen-bond acceptors (Lipinski definition) is 3. The summed E-state index contributed by atoms with van der Waals surface area (Å²) >= 11 is 1.80. The highest BCUT2D eigenvalue weighted by molar-refractivity contribution is 7.98. The summed E-state index contributed by atoms with van der Waals surface area (Å²) in [6, 6.07) is 5.71. The summed E-state index contributed by atoms with van der Waals surface area (Å²) in [5.74, 6) is 2.96. The van der Waals surface area contributed by atoms with Crippen LogP contribution < -0.4 is 4.74 Å². The second-order valence-electron chi connectivity index (χ2n) is 3.77. The fourth-order valence-electron chi connectivity index (χ4n) is 1.82. The van der Waals surface area contributed by atoms with Gasteiger partial charge in [0, 0.05) is 28.6 Å². The van der Waals surface area contributed by atoms with Gasteiger partial charge in [0.1, 0.15) is 5.75 Å². The molecule has 0 amide bonds. The van der Waals surface area contributed by atoms with Gasteiger partial charge in [-0.3, -0.25) is 4.79 Å². The zero-order chi connectivity index (χ0) is 10.8. The molecular weight excluding hydrogens is 208 g/mol. The average Bonchev–Trinajstić information content (AvgIpc) is 2.40. The van der Waals surface area contributed by atoms with Gasteiger partial charge in [0.25, 0.3) is 0 Å². The number of hydrogen-bond donors (Lipinski definition) is 0. The lowest BCUT2D eigenvalue weighted by molar-refractivity contribution is 0.0942. The van der Waals surface area contributed by atoms with Crippen molar-refractivity contribution in [2.45, 2.75) is 12.7 Å². The van der Waals surface area contributed by atoms with Crippen LogP contribution in [-0.4, -0.2) is 18.6 Å². The third-order valence-corrected chi connectivity index (χ3v) is 3.91. The van der Waals surface area contributed by atoms with Crippen LogP contribution in [0.5, 0.6) is 5.75 Å². The van der Waals surface area contributed by atoms with Crippen LogP contribution in [0, 0.1) is 5.92 Å². The van der Waals surface area contributed by atoms with Gasteiger partial charge in [-0.05, 0) is 6.07 Å². The van der Waals surface area contributed by atoms with E-state index in [1.54, 1.807) is 18.9 Å². The van der Waals surface area contributed by atoms with E-state index >= 15 is 0 Å². The standard InChI is InChI=1S/C12H14O2S/c1-8-6-15-7-10-9(12(8)13)4-3-5-11(10)14-2/h3-5,8H,6-7H2,1-2H3. The zero-order valence-corrected chi connectivity index (χ0v) is 9.76. The van der Waals surface area contributed by atoms with E-state index in [1.165, 1.54) is 0 Å². The van der Waals surface area contributed by atoms with Crippen LogP contribution in [0.15, 0.2) is 18.2 Å². The fourth-order valence-corrected chi connectivity index (χ4v) is 2.94. The molecule has 1 heterocycles. The number of methoxy groups -OCH3 is 1. The molecule has 1 aliphatic heterocycles. The molecule has 80 valence electrons. The Morgan fingerprint density at radius 1 is 1.47 bits per heavy atom. The predicted molar refractivity (Wildman–Crippen MR) is 62.7 cm³/mol. The minimum Gasteiger partial charge on any atom is -0.496 e. The van der Waals surface area contributed by atoms with Crippen LogP contribution in [0.25, 0.3) is 0 Å². The molecule has 1 aliphatic rings. The Kier molecular flexibility index (Phi) is 3.00. The molecule has 3 heteroatoms. The van der Waals surface area contributed by atoms with E-state index in [0.717, 1.165) is 28.4 Å². The van der Waals surface area contributed by atoms with E-state index in [-0.39, 0.29) is 11.7 Å². The van der Waals surface area contributed by atoms with Gasteiger partial charge >= 0.3 is 0 Å². The van der Waals surface area contributed by atoms with Crippen molar-refractivity contribution in [3.63, 3.8) is 0 Å². The summed E-state index contributed by atoms with van der Waals surface area (Å²) in [6.45, 7) is 1.99. The molecule has 2 nitrogen and oxygen atoms in total. The van der Waals surface area contributed by atoms with Crippen molar-refractivity contribution >= 4 is 17.5 Å². The molecule has 0 aromatic heterocycles. The highest BCUT2D eigenvalue weighted by atomic mass is 32.2. The summed E-state index contributed by atoms with van der Waals surface area (Å²) in [4.78, 5) is 12.0. The number of Topliss-reactive ketones (excluding diaryl/α,β-unsaturated/α-hetero) is 1. The lowest BCUT2D eigenvalue weighted by Gasteiger charge is -2.10. The van der Waals surface area contributed by atoms with Crippen molar-refractivity contribution < 1.29 is 9.53 Å². The number of carbonyl (C=O) groups is 1. The maximum absolute atomic E-state index is 12.0. The van der Waals surface area contributed by atoms with Gasteiger partial charge in [0.2, 0.25) is 0 Å². The maximum Gasteiger partial charge on any atom is 0.166 e. The van der Waals surface area contributed by atoms with Crippen molar-refractivity contribution in [1.29, 1.82) is 0 Å². The number of fused-ring (bicyclic) bond motifs is 1. The molecule has 0 bridgehead atoms. The van der Waals surface area contributed by atoms with Crippen molar-refractivity contribution in [2.24, 2.45) is 5.92 Å². The molecule has 0 spiro atoms. The summed E-state index contributed by atoms with van der Waals surface area (Å²) in [5.41, 5.74) is 1.89. The van der Waals surface area contributed by atoms with E-state index < -0.39 is 0 Å². The molecule has 1 unspecified atom stereocenters. The van der Waals surface area contributed by atoms with Gasteiger partial charge in [-0.1, -0.05) is 19.1 Å². The lowest BCUT2D eigenvalue weighted by atomic mass is 9.97. The fraction of sp³-hybridized carbons (Fsp3) is 0.417. The molecule has 15 heavy (non-hydrogen) atoms. The van der Waals surface area contributed by atoms with E-state index in [2.05, 4.69) is 0 Å². The average molecular weight is 222 g/mol. The van der Waals surface area contributed by atoms with Gasteiger partial charge in [-0.15, -0.1) is 0 Å². The van der Waals surface area contributed by atoms with E-state index in [4.69, 9.17) is 4.74 Å².